The van der Waals surface area contributed by atoms with Crippen molar-refractivity contribution in [2.24, 2.45) is 0 Å². The maximum absolute atomic E-state index is 11.6. The second kappa shape index (κ2) is 5.26. The van der Waals surface area contributed by atoms with Gasteiger partial charge in [0, 0.05) is 0 Å². The first-order valence-corrected chi connectivity index (χ1v) is 6.37. The second-order valence-corrected chi connectivity index (χ2v) is 4.63. The smallest absolute Gasteiger partial charge is 0.373 e. The molecule has 0 aliphatic carbocycles. The molecular weight excluding hydrogens is 268 g/mol. The summed E-state index contributed by atoms with van der Waals surface area (Å²) in [6.07, 6.45) is 0. The first-order valence-electron chi connectivity index (χ1n) is 6.37. The zero-order valence-corrected chi connectivity index (χ0v) is 11.0. The lowest BCUT2D eigenvalue weighted by molar-refractivity contribution is -0.182. The van der Waals surface area contributed by atoms with E-state index in [0.717, 1.165) is 16.5 Å². The number of carbonyl (C=O) groups excluding carboxylic acids is 1. The Hall–Kier alpha value is -2.85. The molecule has 0 bridgehead atoms. The Kier molecular flexibility index (Phi) is 3.30. The fourth-order valence-electron chi connectivity index (χ4n) is 2.43. The lowest BCUT2D eigenvalue weighted by atomic mass is 9.95. The third-order valence-electron chi connectivity index (χ3n) is 3.40. The molecule has 0 fully saturated rings. The van der Waals surface area contributed by atoms with Gasteiger partial charge in [0.25, 0.3) is 0 Å². The van der Waals surface area contributed by atoms with Crippen LogP contribution in [0.25, 0.3) is 21.9 Å². The quantitative estimate of drug-likeness (QED) is 0.553. The highest BCUT2D eigenvalue weighted by atomic mass is 17.1. The molecule has 104 valence electrons. The molecule has 0 atom stereocenters. The lowest BCUT2D eigenvalue weighted by Gasteiger charge is -2.09. The number of phenols is 1. The average Bonchev–Trinajstić information content (AvgIpc) is 2.54. The van der Waals surface area contributed by atoms with Gasteiger partial charge in [-0.05, 0) is 40.1 Å². The number of fused-ring (bicyclic) bond motifs is 1. The Morgan fingerprint density at radius 1 is 0.857 bits per heavy atom. The van der Waals surface area contributed by atoms with E-state index in [1.807, 2.05) is 18.2 Å². The van der Waals surface area contributed by atoms with E-state index in [1.54, 1.807) is 42.5 Å². The summed E-state index contributed by atoms with van der Waals surface area (Å²) in [5.41, 5.74) is 2.16. The summed E-state index contributed by atoms with van der Waals surface area (Å²) < 4.78 is 0. The average molecular weight is 280 g/mol. The summed E-state index contributed by atoms with van der Waals surface area (Å²) in [5.74, 6) is -0.591. The molecule has 4 nitrogen and oxygen atoms in total. The molecule has 0 aliphatic heterocycles. The number of benzene rings is 3. The molecule has 4 heteroatoms. The normalized spacial score (nSPS) is 10.5. The van der Waals surface area contributed by atoms with E-state index in [9.17, 15) is 9.90 Å². The molecule has 0 spiro atoms. The first kappa shape index (κ1) is 13.1. The fourth-order valence-corrected chi connectivity index (χ4v) is 2.43. The van der Waals surface area contributed by atoms with Crippen LogP contribution >= 0.6 is 0 Å². The van der Waals surface area contributed by atoms with E-state index in [4.69, 9.17) is 5.26 Å². The molecule has 0 radical (unpaired) electrons. The van der Waals surface area contributed by atoms with Crippen LogP contribution in [0.5, 0.6) is 5.75 Å². The van der Waals surface area contributed by atoms with Gasteiger partial charge in [-0.25, -0.2) is 4.79 Å². The first-order chi connectivity index (χ1) is 10.2. The minimum absolute atomic E-state index is 0.198. The summed E-state index contributed by atoms with van der Waals surface area (Å²) in [6.45, 7) is 0. The Bertz CT molecular complexity index is 807. The molecule has 0 aliphatic rings. The third-order valence-corrected chi connectivity index (χ3v) is 3.40. The van der Waals surface area contributed by atoms with Gasteiger partial charge in [0.15, 0.2) is 0 Å². The molecule has 21 heavy (non-hydrogen) atoms. The summed E-state index contributed by atoms with van der Waals surface area (Å²) in [6, 6.07) is 17.6. The zero-order valence-electron chi connectivity index (χ0n) is 11.0. The molecule has 3 rings (SSSR count). The van der Waals surface area contributed by atoms with Crippen LogP contribution in [0, 0.1) is 0 Å². The van der Waals surface area contributed by atoms with Crippen LogP contribution in [-0.2, 0) is 4.89 Å². The zero-order chi connectivity index (χ0) is 14.8. The van der Waals surface area contributed by atoms with Crippen LogP contribution in [0.3, 0.4) is 0 Å². The van der Waals surface area contributed by atoms with Crippen molar-refractivity contribution in [2.45, 2.75) is 0 Å². The molecule has 3 aromatic carbocycles. The molecule has 0 heterocycles. The molecule has 0 amide bonds. The van der Waals surface area contributed by atoms with Crippen molar-refractivity contribution >= 4 is 16.7 Å². The van der Waals surface area contributed by atoms with E-state index in [-0.39, 0.29) is 5.75 Å². The van der Waals surface area contributed by atoms with Crippen molar-refractivity contribution in [3.8, 4) is 16.9 Å². The summed E-state index contributed by atoms with van der Waals surface area (Å²) in [5, 5.41) is 19.5. The van der Waals surface area contributed by atoms with Crippen molar-refractivity contribution in [3.63, 3.8) is 0 Å². The summed E-state index contributed by atoms with van der Waals surface area (Å²) >= 11 is 0. The number of aromatic hydroxyl groups is 1. The van der Waals surface area contributed by atoms with Crippen molar-refractivity contribution in [1.82, 2.24) is 0 Å². The predicted molar refractivity (Wildman–Crippen MR) is 79.1 cm³/mol. The largest absolute Gasteiger partial charge is 0.508 e. The lowest BCUT2D eigenvalue weighted by Crippen LogP contribution is -2.02. The number of phenolic OH excluding ortho intramolecular Hbond substituents is 1. The van der Waals surface area contributed by atoms with Crippen molar-refractivity contribution in [1.29, 1.82) is 0 Å². The molecule has 0 aromatic heterocycles. The molecule has 3 aromatic rings. The Balaban J connectivity index is 2.26. The van der Waals surface area contributed by atoms with Crippen LogP contribution in [0.1, 0.15) is 10.4 Å². The van der Waals surface area contributed by atoms with Crippen LogP contribution in [0.15, 0.2) is 60.7 Å². The van der Waals surface area contributed by atoms with Crippen molar-refractivity contribution in [3.05, 3.63) is 66.2 Å². The van der Waals surface area contributed by atoms with Gasteiger partial charge in [0.1, 0.15) is 5.75 Å². The van der Waals surface area contributed by atoms with Gasteiger partial charge in [-0.15, -0.1) is 0 Å². The van der Waals surface area contributed by atoms with Gasteiger partial charge in [-0.2, -0.15) is 5.26 Å². The molecular formula is C17H12O4. The topological polar surface area (TPSA) is 66.8 Å². The predicted octanol–water partition coefficient (Wildman–Crippen LogP) is 3.84. The SMILES string of the molecule is O=C(OO)c1cccc2c(-c3ccc(O)cc3)cccc12. The maximum atomic E-state index is 11.6. The van der Waals surface area contributed by atoms with E-state index >= 15 is 0 Å². The van der Waals surface area contributed by atoms with Gasteiger partial charge in [0.05, 0.1) is 5.56 Å². The number of hydrogen-bond acceptors (Lipinski definition) is 4. The Morgan fingerprint density at radius 3 is 2.24 bits per heavy atom. The highest BCUT2D eigenvalue weighted by Gasteiger charge is 2.13. The third kappa shape index (κ3) is 2.32. The van der Waals surface area contributed by atoms with Crippen molar-refractivity contribution < 1.29 is 20.0 Å². The molecule has 0 saturated carbocycles. The minimum Gasteiger partial charge on any atom is -0.508 e. The summed E-state index contributed by atoms with van der Waals surface area (Å²) in [7, 11) is 0. The molecule has 0 saturated heterocycles. The van der Waals surface area contributed by atoms with Gasteiger partial charge < -0.3 is 5.11 Å². The Morgan fingerprint density at radius 2 is 1.52 bits per heavy atom. The highest BCUT2D eigenvalue weighted by molar-refractivity contribution is 6.08. The van der Waals surface area contributed by atoms with E-state index in [0.29, 0.717) is 10.9 Å². The monoisotopic (exact) mass is 280 g/mol. The van der Waals surface area contributed by atoms with Crippen molar-refractivity contribution in [2.75, 3.05) is 0 Å². The van der Waals surface area contributed by atoms with Gasteiger partial charge in [0.2, 0.25) is 0 Å². The summed E-state index contributed by atoms with van der Waals surface area (Å²) in [4.78, 5) is 15.4. The fraction of sp³-hybridized carbons (Fsp3) is 0. The van der Waals surface area contributed by atoms with Crippen LogP contribution in [0.4, 0.5) is 0 Å². The number of rotatable bonds is 2. The number of carbonyl (C=O) groups is 1. The highest BCUT2D eigenvalue weighted by Crippen LogP contribution is 2.31. The molecule has 2 N–H and O–H groups in total. The molecule has 0 unspecified atom stereocenters. The van der Waals surface area contributed by atoms with Crippen LogP contribution in [0.2, 0.25) is 0 Å². The van der Waals surface area contributed by atoms with Gasteiger partial charge in [-0.3, -0.25) is 4.89 Å². The van der Waals surface area contributed by atoms with Gasteiger partial charge in [-0.1, -0.05) is 42.5 Å². The number of hydrogen-bond donors (Lipinski definition) is 2. The van der Waals surface area contributed by atoms with E-state index in [2.05, 4.69) is 4.89 Å². The van der Waals surface area contributed by atoms with E-state index < -0.39 is 5.97 Å². The van der Waals surface area contributed by atoms with Crippen LogP contribution in [-0.4, -0.2) is 16.3 Å². The maximum Gasteiger partial charge on any atom is 0.373 e. The van der Waals surface area contributed by atoms with Gasteiger partial charge >= 0.3 is 5.97 Å². The van der Waals surface area contributed by atoms with E-state index in [1.165, 1.54) is 0 Å². The standard InChI is InChI=1S/C17H12O4/c18-12-9-7-11(8-10-12)13-3-1-5-15-14(13)4-2-6-16(15)17(19)21-20/h1-10,18,20H. The Labute approximate surface area is 120 Å². The minimum atomic E-state index is -0.788. The second-order valence-electron chi connectivity index (χ2n) is 4.63. The van der Waals surface area contributed by atoms with Crippen LogP contribution < -0.4 is 0 Å².